The molecule has 3 nitrogen and oxygen atoms in total. The first kappa shape index (κ1) is 20.3. The lowest BCUT2D eigenvalue weighted by Gasteiger charge is -2.51. The molecule has 3 atom stereocenters. The number of benzene rings is 3. The number of nitrogens with zero attached hydrogens (tertiary/aromatic N) is 2. The molecular weight excluding hydrogens is 380 g/mol. The maximum absolute atomic E-state index is 5.31. The molecule has 2 aliphatic rings. The van der Waals surface area contributed by atoms with E-state index in [1.165, 1.54) is 36.1 Å². The van der Waals surface area contributed by atoms with E-state index in [1.807, 2.05) is 0 Å². The average Bonchev–Trinajstić information content (AvgIpc) is 2.84. The predicted octanol–water partition coefficient (Wildman–Crippen LogP) is 5.18. The van der Waals surface area contributed by atoms with Gasteiger partial charge in [-0.25, -0.2) is 0 Å². The minimum absolute atomic E-state index is 0.441. The monoisotopic (exact) mass is 412 g/mol. The van der Waals surface area contributed by atoms with Gasteiger partial charge in [-0.3, -0.25) is 9.80 Å². The molecule has 2 heterocycles. The van der Waals surface area contributed by atoms with Gasteiger partial charge in [0.15, 0.2) is 0 Å². The number of ether oxygens (including phenoxy) is 1. The lowest BCUT2D eigenvalue weighted by molar-refractivity contribution is -0.00356. The number of rotatable bonds is 6. The second-order valence-electron chi connectivity index (χ2n) is 8.91. The number of methoxy groups -OCH3 is 1. The second kappa shape index (κ2) is 9.25. The molecule has 3 aromatic carbocycles. The Kier molecular flexibility index (Phi) is 6.06. The lowest BCUT2D eigenvalue weighted by atomic mass is 9.79. The Hall–Kier alpha value is -2.62. The second-order valence-corrected chi connectivity index (χ2v) is 8.91. The van der Waals surface area contributed by atoms with Gasteiger partial charge in [0, 0.05) is 44.2 Å². The van der Waals surface area contributed by atoms with Gasteiger partial charge < -0.3 is 4.74 Å². The first-order valence-electron chi connectivity index (χ1n) is 11.5. The molecule has 2 saturated heterocycles. The SMILES string of the molecule is COc1ccc(CN2CCN3C[C@H]2CC[C@@H]3C(c2ccccc2)c2ccccc2)cc1. The van der Waals surface area contributed by atoms with Gasteiger partial charge in [-0.15, -0.1) is 0 Å². The summed E-state index contributed by atoms with van der Waals surface area (Å²) in [6, 6.07) is 32.0. The zero-order valence-corrected chi connectivity index (χ0v) is 18.4. The summed E-state index contributed by atoms with van der Waals surface area (Å²) in [5, 5.41) is 0. The van der Waals surface area contributed by atoms with Crippen molar-refractivity contribution in [3.05, 3.63) is 102 Å². The van der Waals surface area contributed by atoms with Gasteiger partial charge in [0.05, 0.1) is 7.11 Å². The van der Waals surface area contributed by atoms with E-state index in [0.717, 1.165) is 25.4 Å². The summed E-state index contributed by atoms with van der Waals surface area (Å²) in [5.41, 5.74) is 4.26. The fourth-order valence-electron chi connectivity index (χ4n) is 5.55. The smallest absolute Gasteiger partial charge is 0.118 e. The molecule has 0 N–H and O–H groups in total. The van der Waals surface area contributed by atoms with Crippen molar-refractivity contribution in [2.75, 3.05) is 26.7 Å². The van der Waals surface area contributed by atoms with E-state index in [9.17, 15) is 0 Å². The minimum atomic E-state index is 0.441. The van der Waals surface area contributed by atoms with Crippen molar-refractivity contribution in [1.29, 1.82) is 0 Å². The minimum Gasteiger partial charge on any atom is -0.497 e. The summed E-state index contributed by atoms with van der Waals surface area (Å²) in [6.45, 7) is 4.50. The van der Waals surface area contributed by atoms with E-state index >= 15 is 0 Å². The van der Waals surface area contributed by atoms with Crippen molar-refractivity contribution in [2.24, 2.45) is 0 Å². The Morgan fingerprint density at radius 1 is 0.806 bits per heavy atom. The van der Waals surface area contributed by atoms with Crippen LogP contribution in [0.25, 0.3) is 0 Å². The van der Waals surface area contributed by atoms with E-state index in [1.54, 1.807) is 7.11 Å². The number of piperidine rings is 1. The van der Waals surface area contributed by atoms with Gasteiger partial charge in [0.25, 0.3) is 0 Å². The van der Waals surface area contributed by atoms with Crippen LogP contribution in [0, 0.1) is 0 Å². The molecule has 1 unspecified atom stereocenters. The van der Waals surface area contributed by atoms with Crippen LogP contribution in [-0.2, 0) is 6.54 Å². The third-order valence-electron chi connectivity index (χ3n) is 7.15. The highest BCUT2D eigenvalue weighted by atomic mass is 16.5. The molecular formula is C28H32N2O. The Labute approximate surface area is 186 Å². The molecule has 2 bridgehead atoms. The van der Waals surface area contributed by atoms with Crippen LogP contribution in [0.1, 0.15) is 35.4 Å². The molecule has 2 aliphatic heterocycles. The molecule has 2 fully saturated rings. The molecule has 5 rings (SSSR count). The van der Waals surface area contributed by atoms with Gasteiger partial charge in [-0.1, -0.05) is 72.8 Å². The van der Waals surface area contributed by atoms with Crippen LogP contribution in [0.3, 0.4) is 0 Å². The average molecular weight is 413 g/mol. The topological polar surface area (TPSA) is 15.7 Å². The molecule has 0 aliphatic carbocycles. The fraction of sp³-hybridized carbons (Fsp3) is 0.357. The molecule has 0 amide bonds. The van der Waals surface area contributed by atoms with Crippen LogP contribution >= 0.6 is 0 Å². The summed E-state index contributed by atoms with van der Waals surface area (Å²) >= 11 is 0. The zero-order chi connectivity index (χ0) is 21.0. The predicted molar refractivity (Wildman–Crippen MR) is 127 cm³/mol. The van der Waals surface area contributed by atoms with Crippen LogP contribution in [0.4, 0.5) is 0 Å². The van der Waals surface area contributed by atoms with Crippen LogP contribution in [0.2, 0.25) is 0 Å². The van der Waals surface area contributed by atoms with Crippen LogP contribution in [0.15, 0.2) is 84.9 Å². The van der Waals surface area contributed by atoms with Crippen molar-refractivity contribution in [3.63, 3.8) is 0 Å². The summed E-state index contributed by atoms with van der Waals surface area (Å²) in [7, 11) is 1.73. The first-order chi connectivity index (χ1) is 15.3. The fourth-order valence-corrected chi connectivity index (χ4v) is 5.55. The Balaban J connectivity index is 1.32. The van der Waals surface area contributed by atoms with Crippen molar-refractivity contribution in [2.45, 2.75) is 37.4 Å². The van der Waals surface area contributed by atoms with Crippen molar-refractivity contribution < 1.29 is 4.74 Å². The quantitative estimate of drug-likeness (QED) is 0.555. The van der Waals surface area contributed by atoms with E-state index in [0.29, 0.717) is 18.0 Å². The van der Waals surface area contributed by atoms with Crippen molar-refractivity contribution in [1.82, 2.24) is 9.80 Å². The molecule has 0 saturated carbocycles. The molecule has 31 heavy (non-hydrogen) atoms. The van der Waals surface area contributed by atoms with Crippen molar-refractivity contribution in [3.8, 4) is 5.75 Å². The number of fused-ring (bicyclic) bond motifs is 2. The highest BCUT2D eigenvalue weighted by Gasteiger charge is 2.39. The summed E-state index contributed by atoms with van der Waals surface area (Å²) in [5.74, 6) is 1.37. The molecule has 3 aromatic rings. The maximum atomic E-state index is 5.31. The Bertz CT molecular complexity index is 918. The maximum Gasteiger partial charge on any atom is 0.118 e. The highest BCUT2D eigenvalue weighted by Crippen LogP contribution is 2.38. The molecule has 3 heteroatoms. The van der Waals surface area contributed by atoms with Crippen LogP contribution in [-0.4, -0.2) is 48.6 Å². The van der Waals surface area contributed by atoms with Crippen molar-refractivity contribution >= 4 is 0 Å². The van der Waals surface area contributed by atoms with E-state index < -0.39 is 0 Å². The van der Waals surface area contributed by atoms with Crippen LogP contribution < -0.4 is 4.74 Å². The third-order valence-corrected chi connectivity index (χ3v) is 7.15. The summed E-state index contributed by atoms with van der Waals surface area (Å²) < 4.78 is 5.31. The lowest BCUT2D eigenvalue weighted by Crippen LogP contribution is -2.60. The number of hydrogen-bond acceptors (Lipinski definition) is 3. The van der Waals surface area contributed by atoms with E-state index in [-0.39, 0.29) is 0 Å². The van der Waals surface area contributed by atoms with E-state index in [4.69, 9.17) is 4.74 Å². The zero-order valence-electron chi connectivity index (χ0n) is 18.4. The Morgan fingerprint density at radius 3 is 2.06 bits per heavy atom. The highest BCUT2D eigenvalue weighted by molar-refractivity contribution is 5.35. The summed E-state index contributed by atoms with van der Waals surface area (Å²) in [4.78, 5) is 5.46. The van der Waals surface area contributed by atoms with Gasteiger partial charge in [0.1, 0.15) is 5.75 Å². The molecule has 160 valence electrons. The molecule has 0 aromatic heterocycles. The first-order valence-corrected chi connectivity index (χ1v) is 11.5. The number of piperazine rings is 1. The largest absolute Gasteiger partial charge is 0.497 e. The Morgan fingerprint density at radius 2 is 1.45 bits per heavy atom. The molecule has 0 radical (unpaired) electrons. The normalized spacial score (nSPS) is 23.6. The van der Waals surface area contributed by atoms with Gasteiger partial charge >= 0.3 is 0 Å². The van der Waals surface area contributed by atoms with Gasteiger partial charge in [0.2, 0.25) is 0 Å². The third kappa shape index (κ3) is 4.39. The standard InChI is InChI=1S/C28H32N2O/c1-31-26-15-12-22(13-16-26)20-29-18-19-30-21-25(29)14-17-27(30)28(23-8-4-2-5-9-23)24-10-6-3-7-11-24/h2-13,15-16,25,27-28H,14,17-21H2,1H3/t25-,27-/m1/s1. The summed E-state index contributed by atoms with van der Waals surface area (Å²) in [6.07, 6.45) is 2.52. The van der Waals surface area contributed by atoms with Gasteiger partial charge in [-0.05, 0) is 41.7 Å². The van der Waals surface area contributed by atoms with Gasteiger partial charge in [-0.2, -0.15) is 0 Å². The van der Waals surface area contributed by atoms with E-state index in [2.05, 4.69) is 94.7 Å². The molecule has 0 spiro atoms. The number of hydrogen-bond donors (Lipinski definition) is 0. The van der Waals surface area contributed by atoms with Crippen LogP contribution in [0.5, 0.6) is 5.75 Å².